The number of anilines is 2. The maximum Gasteiger partial charge on any atom is 0.282 e. The summed E-state index contributed by atoms with van der Waals surface area (Å²) in [5.41, 5.74) is 1.99. The predicted molar refractivity (Wildman–Crippen MR) is 107 cm³/mol. The van der Waals surface area contributed by atoms with E-state index in [1.807, 2.05) is 25.1 Å². The van der Waals surface area contributed by atoms with Crippen molar-refractivity contribution in [1.82, 2.24) is 18.6 Å². The van der Waals surface area contributed by atoms with E-state index in [2.05, 4.69) is 27.0 Å². The van der Waals surface area contributed by atoms with Crippen molar-refractivity contribution >= 4 is 32.6 Å². The van der Waals surface area contributed by atoms with Gasteiger partial charge >= 0.3 is 0 Å². The van der Waals surface area contributed by atoms with Crippen molar-refractivity contribution in [2.24, 2.45) is 0 Å². The fourth-order valence-corrected chi connectivity index (χ4v) is 5.51. The summed E-state index contributed by atoms with van der Waals surface area (Å²) >= 11 is 0. The zero-order valence-electron chi connectivity index (χ0n) is 15.9. The topological polar surface area (TPSA) is 72.9 Å². The van der Waals surface area contributed by atoms with Crippen LogP contribution < -0.4 is 9.80 Å². The second-order valence-electron chi connectivity index (χ2n) is 7.29. The Labute approximate surface area is 160 Å². The van der Waals surface area contributed by atoms with Gasteiger partial charge in [-0.25, -0.2) is 9.97 Å². The van der Waals surface area contributed by atoms with E-state index in [4.69, 9.17) is 0 Å². The molecule has 9 heteroatoms. The maximum atomic E-state index is 12.7. The fourth-order valence-electron chi connectivity index (χ4n) is 3.84. The number of nitrogens with zero attached hydrogens (tertiary/aromatic N) is 6. The smallest absolute Gasteiger partial charge is 0.282 e. The number of aromatic nitrogens is 2. The Hall–Kier alpha value is -1.97. The van der Waals surface area contributed by atoms with Gasteiger partial charge in [-0.05, 0) is 31.0 Å². The van der Waals surface area contributed by atoms with Crippen molar-refractivity contribution < 1.29 is 8.42 Å². The number of hydrogen-bond donors (Lipinski definition) is 0. The van der Waals surface area contributed by atoms with Gasteiger partial charge in [0, 0.05) is 64.4 Å². The van der Waals surface area contributed by atoms with E-state index in [0.29, 0.717) is 39.3 Å². The normalized spacial score (nSPS) is 19.7. The molecule has 2 saturated heterocycles. The summed E-state index contributed by atoms with van der Waals surface area (Å²) in [5, 5.41) is 1.01. The lowest BCUT2D eigenvalue weighted by atomic mass is 10.1. The predicted octanol–water partition coefficient (Wildman–Crippen LogP) is 1.16. The second kappa shape index (κ2) is 7.21. The SMILES string of the molecule is CN(C)c1ncnc2ccc(N3CCN(S(=O)(=O)N4CCCC4)CC3)cc12. The molecule has 2 aliphatic heterocycles. The number of benzene rings is 1. The molecule has 2 aromatic rings. The minimum atomic E-state index is -3.31. The third-order valence-electron chi connectivity index (χ3n) is 5.34. The number of piperazine rings is 1. The molecular weight excluding hydrogens is 364 g/mol. The van der Waals surface area contributed by atoms with E-state index < -0.39 is 10.2 Å². The van der Waals surface area contributed by atoms with Crippen LogP contribution in [0.3, 0.4) is 0 Å². The molecule has 0 saturated carbocycles. The summed E-state index contributed by atoms with van der Waals surface area (Å²) in [6.45, 7) is 3.71. The van der Waals surface area contributed by atoms with Crippen molar-refractivity contribution in [2.45, 2.75) is 12.8 Å². The first kappa shape index (κ1) is 18.4. The summed E-state index contributed by atoms with van der Waals surface area (Å²) < 4.78 is 28.7. The van der Waals surface area contributed by atoms with Crippen LogP contribution in [-0.4, -0.2) is 80.4 Å². The second-order valence-corrected chi connectivity index (χ2v) is 9.22. The lowest BCUT2D eigenvalue weighted by molar-refractivity contribution is 0.343. The Morgan fingerprint density at radius 2 is 1.59 bits per heavy atom. The highest BCUT2D eigenvalue weighted by Gasteiger charge is 2.33. The van der Waals surface area contributed by atoms with Crippen LogP contribution in [0.15, 0.2) is 24.5 Å². The summed E-state index contributed by atoms with van der Waals surface area (Å²) in [6, 6.07) is 6.17. The molecule has 146 valence electrons. The van der Waals surface area contributed by atoms with Crippen LogP contribution in [0.25, 0.3) is 10.9 Å². The van der Waals surface area contributed by atoms with Gasteiger partial charge in [0.2, 0.25) is 0 Å². The first-order valence-corrected chi connectivity index (χ1v) is 10.8. The number of rotatable bonds is 4. The molecule has 8 nitrogen and oxygen atoms in total. The van der Waals surface area contributed by atoms with Crippen molar-refractivity contribution in [3.05, 3.63) is 24.5 Å². The Kier molecular flexibility index (Phi) is 4.92. The van der Waals surface area contributed by atoms with E-state index in [9.17, 15) is 8.42 Å². The van der Waals surface area contributed by atoms with Crippen molar-refractivity contribution in [2.75, 3.05) is 63.2 Å². The lowest BCUT2D eigenvalue weighted by Gasteiger charge is -2.37. The zero-order chi connectivity index (χ0) is 19.0. The van der Waals surface area contributed by atoms with Crippen LogP contribution in [0.5, 0.6) is 0 Å². The van der Waals surface area contributed by atoms with E-state index in [1.165, 1.54) is 0 Å². The van der Waals surface area contributed by atoms with E-state index in [0.717, 1.165) is 35.2 Å². The largest absolute Gasteiger partial charge is 0.369 e. The lowest BCUT2D eigenvalue weighted by Crippen LogP contribution is -2.52. The van der Waals surface area contributed by atoms with Gasteiger partial charge in [0.15, 0.2) is 0 Å². The molecule has 0 aliphatic carbocycles. The summed E-state index contributed by atoms with van der Waals surface area (Å²) in [5.74, 6) is 0.886. The Morgan fingerprint density at radius 3 is 2.26 bits per heavy atom. The van der Waals surface area contributed by atoms with Crippen LogP contribution in [0, 0.1) is 0 Å². The highest BCUT2D eigenvalue weighted by Crippen LogP contribution is 2.28. The monoisotopic (exact) mass is 390 g/mol. The van der Waals surface area contributed by atoms with E-state index in [-0.39, 0.29) is 0 Å². The van der Waals surface area contributed by atoms with Crippen LogP contribution in [0.2, 0.25) is 0 Å². The molecule has 0 amide bonds. The van der Waals surface area contributed by atoms with Crippen LogP contribution in [0.1, 0.15) is 12.8 Å². The summed E-state index contributed by atoms with van der Waals surface area (Å²) in [7, 11) is 0.631. The van der Waals surface area contributed by atoms with E-state index in [1.54, 1.807) is 14.9 Å². The summed E-state index contributed by atoms with van der Waals surface area (Å²) in [4.78, 5) is 13.0. The molecule has 4 rings (SSSR count). The van der Waals surface area contributed by atoms with Crippen molar-refractivity contribution in [3.8, 4) is 0 Å². The van der Waals surface area contributed by atoms with Gasteiger partial charge in [0.1, 0.15) is 12.1 Å². The van der Waals surface area contributed by atoms with Gasteiger partial charge in [-0.3, -0.25) is 0 Å². The number of hydrogen-bond acceptors (Lipinski definition) is 6. The molecule has 2 aliphatic rings. The van der Waals surface area contributed by atoms with Gasteiger partial charge in [-0.2, -0.15) is 17.0 Å². The molecular formula is C18H26N6O2S. The minimum absolute atomic E-state index is 0.517. The third-order valence-corrected chi connectivity index (χ3v) is 7.38. The molecule has 1 aromatic carbocycles. The van der Waals surface area contributed by atoms with Gasteiger partial charge in [-0.15, -0.1) is 0 Å². The maximum absolute atomic E-state index is 12.7. The van der Waals surface area contributed by atoms with Gasteiger partial charge in [0.25, 0.3) is 10.2 Å². The average molecular weight is 391 g/mol. The third kappa shape index (κ3) is 3.46. The Morgan fingerprint density at radius 1 is 0.926 bits per heavy atom. The minimum Gasteiger partial charge on any atom is -0.369 e. The molecule has 0 bridgehead atoms. The first-order chi connectivity index (χ1) is 13.0. The average Bonchev–Trinajstić information content (AvgIpc) is 3.23. The summed E-state index contributed by atoms with van der Waals surface area (Å²) in [6.07, 6.45) is 3.51. The fraction of sp³-hybridized carbons (Fsp3) is 0.556. The van der Waals surface area contributed by atoms with Crippen LogP contribution >= 0.6 is 0 Å². The molecule has 1 aromatic heterocycles. The molecule has 0 radical (unpaired) electrons. The van der Waals surface area contributed by atoms with Crippen LogP contribution in [0.4, 0.5) is 11.5 Å². The Bertz CT molecular complexity index is 919. The molecule has 0 unspecified atom stereocenters. The zero-order valence-corrected chi connectivity index (χ0v) is 16.7. The molecule has 27 heavy (non-hydrogen) atoms. The quantitative estimate of drug-likeness (QED) is 0.780. The molecule has 2 fully saturated rings. The highest BCUT2D eigenvalue weighted by molar-refractivity contribution is 7.86. The highest BCUT2D eigenvalue weighted by atomic mass is 32.2. The molecule has 0 N–H and O–H groups in total. The number of fused-ring (bicyclic) bond motifs is 1. The molecule has 0 spiro atoms. The first-order valence-electron chi connectivity index (χ1n) is 9.39. The molecule has 3 heterocycles. The van der Waals surface area contributed by atoms with Crippen molar-refractivity contribution in [3.63, 3.8) is 0 Å². The van der Waals surface area contributed by atoms with Gasteiger partial charge in [0.05, 0.1) is 5.52 Å². The van der Waals surface area contributed by atoms with Gasteiger partial charge in [-0.1, -0.05) is 0 Å². The van der Waals surface area contributed by atoms with Crippen LogP contribution in [-0.2, 0) is 10.2 Å². The molecule has 0 atom stereocenters. The van der Waals surface area contributed by atoms with Gasteiger partial charge < -0.3 is 9.80 Å². The van der Waals surface area contributed by atoms with Crippen molar-refractivity contribution in [1.29, 1.82) is 0 Å². The Balaban J connectivity index is 1.52. The standard InChI is InChI=1S/C18H26N6O2S/c1-21(2)18-16-13-15(5-6-17(16)19-14-20-18)22-9-11-24(12-10-22)27(25,26)23-7-3-4-8-23/h5-6,13-14H,3-4,7-12H2,1-2H3. The van der Waals surface area contributed by atoms with E-state index >= 15 is 0 Å².